The van der Waals surface area contributed by atoms with Gasteiger partial charge in [0.1, 0.15) is 0 Å². The van der Waals surface area contributed by atoms with Crippen LogP contribution in [0.4, 0.5) is 4.79 Å². The van der Waals surface area contributed by atoms with Gasteiger partial charge in [0.05, 0.1) is 29.9 Å². The zero-order valence-electron chi connectivity index (χ0n) is 17.2. The minimum atomic E-state index is -0.804. The maximum atomic E-state index is 12.7. The van der Waals surface area contributed by atoms with E-state index in [-0.39, 0.29) is 29.7 Å². The molecule has 0 fully saturated rings. The van der Waals surface area contributed by atoms with Crippen molar-refractivity contribution in [3.63, 3.8) is 0 Å². The number of carbonyl (C=O) groups excluding carboxylic acids is 3. The van der Waals surface area contributed by atoms with Gasteiger partial charge in [-0.05, 0) is 38.0 Å². The van der Waals surface area contributed by atoms with E-state index in [0.717, 1.165) is 6.42 Å². The van der Waals surface area contributed by atoms with Gasteiger partial charge in [-0.2, -0.15) is 0 Å². The number of primary amides is 1. The maximum absolute atomic E-state index is 12.7. The van der Waals surface area contributed by atoms with Gasteiger partial charge in [-0.1, -0.05) is 24.9 Å². The van der Waals surface area contributed by atoms with Crippen LogP contribution in [0.25, 0.3) is 0 Å². The number of esters is 1. The summed E-state index contributed by atoms with van der Waals surface area (Å²) in [5.74, 6) is -0.799. The van der Waals surface area contributed by atoms with Crippen LogP contribution in [0.5, 0.6) is 11.5 Å². The van der Waals surface area contributed by atoms with Crippen molar-refractivity contribution in [3.05, 3.63) is 34.0 Å². The summed E-state index contributed by atoms with van der Waals surface area (Å²) in [5.41, 5.74) is 6.43. The monoisotopic (exact) mass is 439 g/mol. The molecule has 1 atom stereocenters. The standard InChI is InChI=1S/C20H26ClN3O6/c1-4-7-13-16(19(26)29-6-3)17(24-20(27)23-13)11-8-12(21)18(30-10-15(22)25)14(9-11)28-5-2/h8-9,17H,4-7,10H2,1-3H3,(H2,22,25)(H2,23,24,27)/t17-/m1/s1. The topological polar surface area (TPSA) is 129 Å². The Morgan fingerprint density at radius 2 is 1.90 bits per heavy atom. The van der Waals surface area contributed by atoms with Crippen molar-refractivity contribution in [2.45, 2.75) is 39.7 Å². The van der Waals surface area contributed by atoms with E-state index in [1.807, 2.05) is 6.92 Å². The largest absolute Gasteiger partial charge is 0.490 e. The van der Waals surface area contributed by atoms with E-state index in [2.05, 4.69) is 10.6 Å². The van der Waals surface area contributed by atoms with Gasteiger partial charge in [0.15, 0.2) is 18.1 Å². The average Bonchev–Trinajstić information content (AvgIpc) is 2.67. The van der Waals surface area contributed by atoms with Crippen molar-refractivity contribution in [1.82, 2.24) is 10.6 Å². The maximum Gasteiger partial charge on any atom is 0.338 e. The van der Waals surface area contributed by atoms with E-state index in [1.54, 1.807) is 26.0 Å². The Balaban J connectivity index is 2.57. The molecule has 0 aromatic heterocycles. The first-order valence-corrected chi connectivity index (χ1v) is 10.0. The molecule has 0 aliphatic carbocycles. The van der Waals surface area contributed by atoms with Gasteiger partial charge in [-0.25, -0.2) is 9.59 Å². The van der Waals surface area contributed by atoms with Gasteiger partial charge < -0.3 is 30.6 Å². The molecule has 1 aliphatic heterocycles. The molecule has 4 N–H and O–H groups in total. The van der Waals surface area contributed by atoms with Crippen LogP contribution in [-0.4, -0.2) is 37.7 Å². The van der Waals surface area contributed by atoms with E-state index in [1.165, 1.54) is 0 Å². The van der Waals surface area contributed by atoms with Crippen LogP contribution in [0.15, 0.2) is 23.4 Å². The number of rotatable bonds is 10. The summed E-state index contributed by atoms with van der Waals surface area (Å²) >= 11 is 6.38. The Kier molecular flexibility index (Phi) is 8.35. The Labute approximate surface area is 179 Å². The van der Waals surface area contributed by atoms with Gasteiger partial charge in [0, 0.05) is 5.70 Å². The fourth-order valence-electron chi connectivity index (χ4n) is 3.07. The summed E-state index contributed by atoms with van der Waals surface area (Å²) < 4.78 is 16.2. The number of amides is 3. The van der Waals surface area contributed by atoms with E-state index in [0.29, 0.717) is 29.9 Å². The number of hydrogen-bond acceptors (Lipinski definition) is 6. The smallest absolute Gasteiger partial charge is 0.338 e. The van der Waals surface area contributed by atoms with E-state index in [9.17, 15) is 14.4 Å². The second-order valence-corrected chi connectivity index (χ2v) is 6.82. The van der Waals surface area contributed by atoms with Crippen LogP contribution in [-0.2, 0) is 14.3 Å². The highest BCUT2D eigenvalue weighted by Crippen LogP contribution is 2.40. The van der Waals surface area contributed by atoms with Gasteiger partial charge in [0.25, 0.3) is 5.91 Å². The van der Waals surface area contributed by atoms with Crippen LogP contribution in [0.3, 0.4) is 0 Å². The molecule has 0 saturated heterocycles. The Morgan fingerprint density at radius 3 is 2.50 bits per heavy atom. The predicted molar refractivity (Wildman–Crippen MR) is 110 cm³/mol. The highest BCUT2D eigenvalue weighted by atomic mass is 35.5. The number of allylic oxidation sites excluding steroid dienone is 1. The molecule has 10 heteroatoms. The lowest BCUT2D eigenvalue weighted by atomic mass is 9.93. The molecule has 30 heavy (non-hydrogen) atoms. The van der Waals surface area contributed by atoms with Gasteiger partial charge in [-0.3, -0.25) is 4.79 Å². The second-order valence-electron chi connectivity index (χ2n) is 6.41. The number of hydrogen-bond donors (Lipinski definition) is 3. The molecule has 0 saturated carbocycles. The van der Waals surface area contributed by atoms with E-state index in [4.69, 9.17) is 31.5 Å². The zero-order valence-corrected chi connectivity index (χ0v) is 17.9. The zero-order chi connectivity index (χ0) is 22.3. The predicted octanol–water partition coefficient (Wildman–Crippen LogP) is 2.57. The highest BCUT2D eigenvalue weighted by molar-refractivity contribution is 6.32. The first-order valence-electron chi connectivity index (χ1n) is 9.67. The quantitative estimate of drug-likeness (QED) is 0.480. The first-order chi connectivity index (χ1) is 14.3. The lowest BCUT2D eigenvalue weighted by Gasteiger charge is -2.30. The van der Waals surface area contributed by atoms with Gasteiger partial charge in [-0.15, -0.1) is 0 Å². The molecular weight excluding hydrogens is 414 g/mol. The molecule has 0 bridgehead atoms. The van der Waals surface area contributed by atoms with Crippen molar-refractivity contribution in [2.75, 3.05) is 19.8 Å². The molecule has 1 aliphatic rings. The molecule has 2 rings (SSSR count). The number of nitrogens with one attached hydrogen (secondary N) is 2. The first kappa shape index (κ1) is 23.3. The molecular formula is C20H26ClN3O6. The number of ether oxygens (including phenoxy) is 3. The molecule has 9 nitrogen and oxygen atoms in total. The van der Waals surface area contributed by atoms with Crippen LogP contribution >= 0.6 is 11.6 Å². The molecule has 164 valence electrons. The Morgan fingerprint density at radius 1 is 1.17 bits per heavy atom. The number of nitrogens with two attached hydrogens (primary N) is 1. The highest BCUT2D eigenvalue weighted by Gasteiger charge is 2.34. The second kappa shape index (κ2) is 10.7. The van der Waals surface area contributed by atoms with Crippen molar-refractivity contribution in [3.8, 4) is 11.5 Å². The normalized spacial score (nSPS) is 15.9. The molecule has 0 radical (unpaired) electrons. The lowest BCUT2D eigenvalue weighted by molar-refractivity contribution is -0.139. The van der Waals surface area contributed by atoms with Gasteiger partial charge in [0.2, 0.25) is 0 Å². The molecule has 0 unspecified atom stereocenters. The summed E-state index contributed by atoms with van der Waals surface area (Å²) in [5, 5.41) is 5.58. The third-order valence-electron chi connectivity index (χ3n) is 4.17. The Hall–Kier alpha value is -2.94. The molecule has 1 aromatic rings. The van der Waals surface area contributed by atoms with Crippen molar-refractivity contribution in [2.24, 2.45) is 5.73 Å². The minimum absolute atomic E-state index is 0.144. The molecule has 3 amide bonds. The molecule has 0 spiro atoms. The van der Waals surface area contributed by atoms with Crippen LogP contribution in [0.1, 0.15) is 45.2 Å². The minimum Gasteiger partial charge on any atom is -0.490 e. The van der Waals surface area contributed by atoms with Crippen LogP contribution in [0.2, 0.25) is 5.02 Å². The Bertz CT molecular complexity index is 855. The summed E-state index contributed by atoms with van der Waals surface area (Å²) in [6.45, 7) is 5.52. The lowest BCUT2D eigenvalue weighted by Crippen LogP contribution is -2.46. The summed E-state index contributed by atoms with van der Waals surface area (Å²) in [6, 6.07) is 1.89. The van der Waals surface area contributed by atoms with E-state index < -0.39 is 23.9 Å². The SMILES string of the molecule is CCCC1=C(C(=O)OCC)[C@@H](c2cc(Cl)c(OCC(N)=O)c(OCC)c2)NC(=O)N1. The summed E-state index contributed by atoms with van der Waals surface area (Å²) in [7, 11) is 0. The van der Waals surface area contributed by atoms with Crippen molar-refractivity contribution in [1.29, 1.82) is 0 Å². The van der Waals surface area contributed by atoms with Crippen LogP contribution < -0.4 is 25.8 Å². The third kappa shape index (κ3) is 5.56. The fourth-order valence-corrected chi connectivity index (χ4v) is 3.34. The van der Waals surface area contributed by atoms with E-state index >= 15 is 0 Å². The number of carbonyl (C=O) groups is 3. The third-order valence-corrected chi connectivity index (χ3v) is 4.45. The number of urea groups is 1. The average molecular weight is 440 g/mol. The number of benzene rings is 1. The number of halogens is 1. The van der Waals surface area contributed by atoms with Crippen LogP contribution in [0, 0.1) is 0 Å². The molecule has 1 heterocycles. The summed E-state index contributed by atoms with van der Waals surface area (Å²) in [4.78, 5) is 36.0. The van der Waals surface area contributed by atoms with Gasteiger partial charge >= 0.3 is 12.0 Å². The van der Waals surface area contributed by atoms with Crippen molar-refractivity contribution < 1.29 is 28.6 Å². The van der Waals surface area contributed by atoms with Crippen molar-refractivity contribution >= 4 is 29.5 Å². The molecule has 1 aromatic carbocycles. The summed E-state index contributed by atoms with van der Waals surface area (Å²) in [6.07, 6.45) is 1.21. The fraction of sp³-hybridized carbons (Fsp3) is 0.450.